The molecule has 0 bridgehead atoms. The summed E-state index contributed by atoms with van der Waals surface area (Å²) in [5.41, 5.74) is 1.80. The lowest BCUT2D eigenvalue weighted by atomic mass is 9.97. The summed E-state index contributed by atoms with van der Waals surface area (Å²) in [6, 6.07) is 5.25. The summed E-state index contributed by atoms with van der Waals surface area (Å²) in [6.45, 7) is 6.31. The predicted molar refractivity (Wildman–Crippen MR) is 113 cm³/mol. The average molecular weight is 412 g/mol. The van der Waals surface area contributed by atoms with E-state index in [-0.39, 0.29) is 5.91 Å². The molecule has 0 fully saturated rings. The number of carbonyl (C=O) groups excluding carboxylic acids is 1. The number of nitrogens with one attached hydrogen (secondary N) is 1. The van der Waals surface area contributed by atoms with E-state index in [0.717, 1.165) is 24.8 Å². The second kappa shape index (κ2) is 11.8. The number of thiocarbonyl (C=S) groups is 1. The summed E-state index contributed by atoms with van der Waals surface area (Å²) >= 11 is 5.32. The molecule has 27 heavy (non-hydrogen) atoms. The summed E-state index contributed by atoms with van der Waals surface area (Å²) in [4.78, 5) is 14.6. The van der Waals surface area contributed by atoms with E-state index in [2.05, 4.69) is 16.6 Å². The number of carbonyl (C=O) groups is 1. The Morgan fingerprint density at radius 3 is 2.52 bits per heavy atom. The van der Waals surface area contributed by atoms with Gasteiger partial charge in [-0.2, -0.15) is 8.42 Å². The highest BCUT2D eigenvalue weighted by Gasteiger charge is 2.24. The fraction of sp³-hybridized carbons (Fsp3) is 0.579. The maximum absolute atomic E-state index is 13.0. The molecule has 1 aromatic carbocycles. The smallest absolute Gasteiger partial charge is 0.316 e. The van der Waals surface area contributed by atoms with Gasteiger partial charge in [0.05, 0.1) is 11.6 Å². The molecule has 0 radical (unpaired) electrons. The summed E-state index contributed by atoms with van der Waals surface area (Å²) in [5, 5.41) is 3.29. The molecule has 0 aromatic heterocycles. The quantitative estimate of drug-likeness (QED) is 0.489. The third kappa shape index (κ3) is 7.38. The highest BCUT2D eigenvalue weighted by atomic mass is 32.2. The van der Waals surface area contributed by atoms with Gasteiger partial charge in [0.25, 0.3) is 0 Å². The van der Waals surface area contributed by atoms with Crippen LogP contribution in [0.5, 0.6) is 0 Å². The van der Waals surface area contributed by atoms with Crippen LogP contribution in [0.2, 0.25) is 0 Å². The minimum atomic E-state index is -2.54. The molecule has 0 saturated heterocycles. The Morgan fingerprint density at radius 1 is 1.26 bits per heavy atom. The predicted octanol–water partition coefficient (Wildman–Crippen LogP) is 4.10. The van der Waals surface area contributed by atoms with Crippen molar-refractivity contribution >= 4 is 39.4 Å². The largest absolute Gasteiger partial charge is 0.365 e. The zero-order chi connectivity index (χ0) is 20.4. The Kier molecular flexibility index (Phi) is 10.2. The number of amides is 1. The molecule has 0 aliphatic heterocycles. The molecule has 8 heteroatoms. The third-order valence-corrected chi connectivity index (χ3v) is 5.26. The van der Waals surface area contributed by atoms with Gasteiger partial charge in [-0.05, 0) is 49.7 Å². The Bertz CT molecular complexity index is 783. The van der Waals surface area contributed by atoms with Gasteiger partial charge >= 0.3 is 10.5 Å². The standard InChI is InChI=1S/C19H29N3O3S2/c1-5-6-7-8-9-12-22(19(26)20-4)18(23)15(3)16-11-10-14(2)17(13-16)21-27(24)25/h10-11,13,15H,5-9,12H2,1-4H3,(H,20,26). The van der Waals surface area contributed by atoms with Gasteiger partial charge < -0.3 is 5.32 Å². The van der Waals surface area contributed by atoms with Crippen LogP contribution in [0.15, 0.2) is 22.6 Å². The van der Waals surface area contributed by atoms with Crippen molar-refractivity contribution in [2.45, 2.75) is 58.8 Å². The zero-order valence-electron chi connectivity index (χ0n) is 16.5. The van der Waals surface area contributed by atoms with Crippen LogP contribution >= 0.6 is 12.2 Å². The first kappa shape index (κ1) is 23.2. The van der Waals surface area contributed by atoms with E-state index >= 15 is 0 Å². The molecule has 150 valence electrons. The molecule has 0 aliphatic carbocycles. The first-order valence-electron chi connectivity index (χ1n) is 9.26. The average Bonchev–Trinajstić information content (AvgIpc) is 2.64. The van der Waals surface area contributed by atoms with Gasteiger partial charge in [-0.3, -0.25) is 9.69 Å². The monoisotopic (exact) mass is 411 g/mol. The Balaban J connectivity index is 2.97. The molecule has 0 aliphatic rings. The van der Waals surface area contributed by atoms with Gasteiger partial charge in [-0.25, -0.2) is 0 Å². The lowest BCUT2D eigenvalue weighted by Crippen LogP contribution is -2.44. The molecule has 0 saturated carbocycles. The fourth-order valence-corrected chi connectivity index (χ4v) is 3.31. The lowest BCUT2D eigenvalue weighted by Gasteiger charge is -2.26. The van der Waals surface area contributed by atoms with Crippen molar-refractivity contribution in [1.82, 2.24) is 10.2 Å². The second-order valence-electron chi connectivity index (χ2n) is 6.54. The molecular weight excluding hydrogens is 382 g/mol. The van der Waals surface area contributed by atoms with Crippen molar-refractivity contribution in [3.05, 3.63) is 29.3 Å². The van der Waals surface area contributed by atoms with E-state index in [4.69, 9.17) is 12.2 Å². The zero-order valence-corrected chi connectivity index (χ0v) is 18.1. The first-order chi connectivity index (χ1) is 12.8. The van der Waals surface area contributed by atoms with E-state index in [1.54, 1.807) is 37.9 Å². The first-order valence-corrected chi connectivity index (χ1v) is 10.7. The van der Waals surface area contributed by atoms with Crippen molar-refractivity contribution in [1.29, 1.82) is 0 Å². The number of hydrogen-bond acceptors (Lipinski definition) is 5. The van der Waals surface area contributed by atoms with E-state index in [1.807, 2.05) is 6.07 Å². The second-order valence-corrected chi connectivity index (χ2v) is 7.54. The molecule has 1 N–H and O–H groups in total. The van der Waals surface area contributed by atoms with Gasteiger partial charge in [0.2, 0.25) is 5.91 Å². The van der Waals surface area contributed by atoms with Gasteiger partial charge in [-0.1, -0.05) is 44.7 Å². The topological polar surface area (TPSA) is 78.8 Å². The minimum Gasteiger partial charge on any atom is -0.365 e. The van der Waals surface area contributed by atoms with Gasteiger partial charge in [0.1, 0.15) is 0 Å². The number of nitrogens with zero attached hydrogens (tertiary/aromatic N) is 2. The molecule has 0 heterocycles. The van der Waals surface area contributed by atoms with Crippen molar-refractivity contribution in [3.63, 3.8) is 0 Å². The van der Waals surface area contributed by atoms with E-state index in [1.165, 1.54) is 12.8 Å². The van der Waals surface area contributed by atoms with Crippen LogP contribution in [0.1, 0.15) is 63.0 Å². The molecule has 1 amide bonds. The van der Waals surface area contributed by atoms with E-state index in [0.29, 0.717) is 22.9 Å². The lowest BCUT2D eigenvalue weighted by molar-refractivity contribution is -0.128. The normalized spacial score (nSPS) is 11.6. The maximum atomic E-state index is 13.0. The van der Waals surface area contributed by atoms with Crippen LogP contribution in [-0.2, 0) is 15.3 Å². The number of aryl methyl sites for hydroxylation is 1. The molecule has 1 rings (SSSR count). The summed E-state index contributed by atoms with van der Waals surface area (Å²) < 4.78 is 25.4. The molecule has 1 atom stereocenters. The van der Waals surface area contributed by atoms with Crippen molar-refractivity contribution in [2.75, 3.05) is 13.6 Å². The summed E-state index contributed by atoms with van der Waals surface area (Å²) in [6.07, 6.45) is 5.46. The van der Waals surface area contributed by atoms with Crippen molar-refractivity contribution < 1.29 is 13.2 Å². The fourth-order valence-electron chi connectivity index (χ4n) is 2.77. The van der Waals surface area contributed by atoms with Crippen molar-refractivity contribution in [3.8, 4) is 0 Å². The van der Waals surface area contributed by atoms with Crippen LogP contribution in [0.3, 0.4) is 0 Å². The van der Waals surface area contributed by atoms with E-state index < -0.39 is 16.4 Å². The molecule has 6 nitrogen and oxygen atoms in total. The SMILES string of the molecule is CCCCCCCN(C(=O)C(C)c1ccc(C)c(N=S(=O)=O)c1)C(=S)NC. The van der Waals surface area contributed by atoms with Gasteiger partial charge in [0, 0.05) is 13.6 Å². The number of benzene rings is 1. The van der Waals surface area contributed by atoms with E-state index in [9.17, 15) is 13.2 Å². The van der Waals surface area contributed by atoms with Crippen LogP contribution in [0, 0.1) is 6.92 Å². The number of unbranched alkanes of at least 4 members (excludes halogenated alkanes) is 4. The summed E-state index contributed by atoms with van der Waals surface area (Å²) in [7, 11) is -0.830. The third-order valence-electron chi connectivity index (χ3n) is 4.49. The van der Waals surface area contributed by atoms with Gasteiger partial charge in [0.15, 0.2) is 5.11 Å². The Morgan fingerprint density at radius 2 is 1.93 bits per heavy atom. The van der Waals surface area contributed by atoms with Gasteiger partial charge in [-0.15, -0.1) is 4.36 Å². The highest BCUT2D eigenvalue weighted by Crippen LogP contribution is 2.26. The summed E-state index contributed by atoms with van der Waals surface area (Å²) in [5.74, 6) is -0.565. The van der Waals surface area contributed by atoms with Crippen LogP contribution in [0.4, 0.5) is 5.69 Å². The molecular formula is C19H29N3O3S2. The minimum absolute atomic E-state index is 0.108. The number of rotatable bonds is 9. The Hall–Kier alpha value is -1.80. The molecule has 1 unspecified atom stereocenters. The van der Waals surface area contributed by atoms with Crippen LogP contribution < -0.4 is 5.32 Å². The molecule has 1 aromatic rings. The Labute approximate surface area is 169 Å². The maximum Gasteiger partial charge on any atom is 0.316 e. The molecule has 0 spiro atoms. The van der Waals surface area contributed by atoms with Crippen LogP contribution in [-0.4, -0.2) is 37.9 Å². The highest BCUT2D eigenvalue weighted by molar-refractivity contribution is 7.80. The number of hydrogen-bond donors (Lipinski definition) is 1. The van der Waals surface area contributed by atoms with Crippen molar-refractivity contribution in [2.24, 2.45) is 4.36 Å². The van der Waals surface area contributed by atoms with Crippen LogP contribution in [0.25, 0.3) is 0 Å².